The van der Waals surface area contributed by atoms with E-state index < -0.39 is 30.4 Å². The number of fused-ring (bicyclic) bond motifs is 1. The zero-order chi connectivity index (χ0) is 18.9. The number of carbonyl (C=O) groups is 2. The van der Waals surface area contributed by atoms with Gasteiger partial charge >= 0.3 is 12.1 Å². The van der Waals surface area contributed by atoms with E-state index in [1.54, 1.807) is 13.8 Å². The van der Waals surface area contributed by atoms with Crippen LogP contribution in [-0.4, -0.2) is 55.1 Å². The largest absolute Gasteiger partial charge is 0.480 e. The lowest BCUT2D eigenvalue weighted by molar-refractivity contribution is -0.144. The van der Waals surface area contributed by atoms with Gasteiger partial charge < -0.3 is 10.0 Å². The molecular formula is C14H16F3N5O3. The van der Waals surface area contributed by atoms with Crippen molar-refractivity contribution >= 4 is 17.7 Å². The molecule has 2 aromatic heterocycles. The summed E-state index contributed by atoms with van der Waals surface area (Å²) in [7, 11) is 1.37. The molecule has 136 valence electrons. The summed E-state index contributed by atoms with van der Waals surface area (Å²) in [5.74, 6) is -2.97. The summed E-state index contributed by atoms with van der Waals surface area (Å²) in [6.07, 6.45) is -4.48. The Kier molecular flexibility index (Phi) is 4.95. The number of likely N-dealkylation sites (N-methyl/N-ethyl adjacent to an activating group) is 1. The molecule has 0 unspecified atom stereocenters. The Morgan fingerprint density at radius 2 is 1.88 bits per heavy atom. The topological polar surface area (TPSA) is 101 Å². The lowest BCUT2D eigenvalue weighted by Crippen LogP contribution is -2.32. The van der Waals surface area contributed by atoms with Crippen LogP contribution in [0.2, 0.25) is 0 Å². The number of aryl methyl sites for hydroxylation is 2. The first-order valence-corrected chi connectivity index (χ1v) is 7.26. The molecule has 2 heterocycles. The van der Waals surface area contributed by atoms with Crippen LogP contribution in [-0.2, 0) is 22.2 Å². The van der Waals surface area contributed by atoms with Crippen LogP contribution in [0.3, 0.4) is 0 Å². The van der Waals surface area contributed by atoms with Crippen LogP contribution in [0, 0.1) is 13.8 Å². The van der Waals surface area contributed by atoms with Crippen LogP contribution < -0.4 is 0 Å². The zero-order valence-electron chi connectivity index (χ0n) is 13.8. The molecule has 2 rings (SSSR count). The van der Waals surface area contributed by atoms with Crippen molar-refractivity contribution in [2.24, 2.45) is 0 Å². The van der Waals surface area contributed by atoms with Crippen LogP contribution in [0.1, 0.15) is 29.2 Å². The standard InChI is InChI=1S/C14H16F3N5O3/c1-7-9(4-5-10(23)21(3)6-11(24)25)8(2)22-13(18-7)19-12(20-22)14(15,16)17/h4-6H2,1-3H3,(H,24,25). The molecule has 0 aliphatic rings. The van der Waals surface area contributed by atoms with Gasteiger partial charge in [-0.2, -0.15) is 18.2 Å². The molecule has 0 aliphatic heterocycles. The average Bonchev–Trinajstić information content (AvgIpc) is 2.90. The molecule has 8 nitrogen and oxygen atoms in total. The summed E-state index contributed by atoms with van der Waals surface area (Å²) >= 11 is 0. The highest BCUT2D eigenvalue weighted by molar-refractivity contribution is 5.81. The molecule has 0 aromatic carbocycles. The second-order valence-electron chi connectivity index (χ2n) is 5.55. The molecule has 0 spiro atoms. The van der Waals surface area contributed by atoms with E-state index in [-0.39, 0.29) is 18.6 Å². The number of carboxylic acid groups (broad SMARTS) is 1. The lowest BCUT2D eigenvalue weighted by atomic mass is 10.1. The second kappa shape index (κ2) is 6.65. The number of alkyl halides is 3. The van der Waals surface area contributed by atoms with Gasteiger partial charge in [-0.3, -0.25) is 9.59 Å². The van der Waals surface area contributed by atoms with E-state index in [2.05, 4.69) is 15.1 Å². The molecule has 0 saturated carbocycles. The van der Waals surface area contributed by atoms with Gasteiger partial charge in [0.25, 0.3) is 11.6 Å². The van der Waals surface area contributed by atoms with E-state index in [9.17, 15) is 22.8 Å². The summed E-state index contributed by atoms with van der Waals surface area (Å²) in [5.41, 5.74) is 1.42. The van der Waals surface area contributed by atoms with Crippen LogP contribution in [0.15, 0.2) is 0 Å². The van der Waals surface area contributed by atoms with Crippen LogP contribution in [0.5, 0.6) is 0 Å². The van der Waals surface area contributed by atoms with Crippen molar-refractivity contribution in [1.82, 2.24) is 24.5 Å². The molecule has 25 heavy (non-hydrogen) atoms. The third-order valence-corrected chi connectivity index (χ3v) is 3.69. The summed E-state index contributed by atoms with van der Waals surface area (Å²) in [6.45, 7) is 2.75. The highest BCUT2D eigenvalue weighted by atomic mass is 19.4. The van der Waals surface area contributed by atoms with Crippen LogP contribution >= 0.6 is 0 Å². The minimum atomic E-state index is -4.68. The molecule has 0 bridgehead atoms. The Morgan fingerprint density at radius 3 is 2.44 bits per heavy atom. The Balaban J connectivity index is 2.27. The maximum atomic E-state index is 12.7. The molecule has 0 atom stereocenters. The maximum absolute atomic E-state index is 12.7. The molecule has 1 amide bonds. The molecule has 1 N–H and O–H groups in total. The van der Waals surface area contributed by atoms with Crippen molar-refractivity contribution in [3.63, 3.8) is 0 Å². The molecule has 0 radical (unpaired) electrons. The predicted molar refractivity (Wildman–Crippen MR) is 78.9 cm³/mol. The SMILES string of the molecule is Cc1nc2nc(C(F)(F)F)nn2c(C)c1CCC(=O)N(C)CC(=O)O. The Hall–Kier alpha value is -2.72. The number of rotatable bonds is 5. The first kappa shape index (κ1) is 18.6. The molecule has 0 aliphatic carbocycles. The van der Waals surface area contributed by atoms with Gasteiger partial charge in [-0.1, -0.05) is 0 Å². The summed E-state index contributed by atoms with van der Waals surface area (Å²) in [5, 5.41) is 12.1. The smallest absolute Gasteiger partial charge is 0.453 e. The van der Waals surface area contributed by atoms with Gasteiger partial charge in [0, 0.05) is 24.9 Å². The third kappa shape index (κ3) is 4.03. The summed E-state index contributed by atoms with van der Waals surface area (Å²) < 4.78 is 39.2. The van der Waals surface area contributed by atoms with E-state index in [4.69, 9.17) is 5.11 Å². The number of hydrogen-bond acceptors (Lipinski definition) is 5. The van der Waals surface area contributed by atoms with Gasteiger partial charge in [0.05, 0.1) is 0 Å². The number of aromatic nitrogens is 4. The first-order chi connectivity index (χ1) is 11.5. The van der Waals surface area contributed by atoms with E-state index >= 15 is 0 Å². The molecule has 2 aromatic rings. The maximum Gasteiger partial charge on any atom is 0.453 e. The number of amides is 1. The number of hydrogen-bond donors (Lipinski definition) is 1. The van der Waals surface area contributed by atoms with Crippen LogP contribution in [0.4, 0.5) is 13.2 Å². The fraction of sp³-hybridized carbons (Fsp3) is 0.500. The zero-order valence-corrected chi connectivity index (χ0v) is 13.8. The first-order valence-electron chi connectivity index (χ1n) is 7.26. The van der Waals surface area contributed by atoms with Crippen molar-refractivity contribution in [3.05, 3.63) is 22.8 Å². The van der Waals surface area contributed by atoms with Gasteiger partial charge in [-0.05, 0) is 25.8 Å². The van der Waals surface area contributed by atoms with E-state index in [1.165, 1.54) is 7.05 Å². The van der Waals surface area contributed by atoms with Crippen molar-refractivity contribution in [2.75, 3.05) is 13.6 Å². The van der Waals surface area contributed by atoms with E-state index in [0.29, 0.717) is 17.0 Å². The second-order valence-corrected chi connectivity index (χ2v) is 5.55. The molecule has 11 heteroatoms. The summed E-state index contributed by atoms with van der Waals surface area (Å²) in [4.78, 5) is 31.0. The van der Waals surface area contributed by atoms with Crippen molar-refractivity contribution in [2.45, 2.75) is 32.9 Å². The minimum Gasteiger partial charge on any atom is -0.480 e. The van der Waals surface area contributed by atoms with Crippen molar-refractivity contribution in [1.29, 1.82) is 0 Å². The molecule has 0 fully saturated rings. The highest BCUT2D eigenvalue weighted by Gasteiger charge is 2.37. The van der Waals surface area contributed by atoms with E-state index in [0.717, 1.165) is 9.42 Å². The predicted octanol–water partition coefficient (Wildman–Crippen LogP) is 1.24. The normalized spacial score (nSPS) is 11.8. The number of halogens is 3. The summed E-state index contributed by atoms with van der Waals surface area (Å²) in [6, 6.07) is 0. The Labute approximate surface area is 140 Å². The number of aliphatic carboxylic acids is 1. The quantitative estimate of drug-likeness (QED) is 0.862. The third-order valence-electron chi connectivity index (χ3n) is 3.69. The molecular weight excluding hydrogens is 343 g/mol. The Morgan fingerprint density at radius 1 is 1.24 bits per heavy atom. The van der Waals surface area contributed by atoms with Crippen molar-refractivity contribution in [3.8, 4) is 0 Å². The monoisotopic (exact) mass is 359 g/mol. The fourth-order valence-electron chi connectivity index (χ4n) is 2.40. The number of nitrogens with zero attached hydrogens (tertiary/aromatic N) is 5. The number of carbonyl (C=O) groups excluding carboxylic acids is 1. The van der Waals surface area contributed by atoms with Crippen LogP contribution in [0.25, 0.3) is 5.78 Å². The molecule has 0 saturated heterocycles. The van der Waals surface area contributed by atoms with Gasteiger partial charge in [0.15, 0.2) is 0 Å². The average molecular weight is 359 g/mol. The van der Waals surface area contributed by atoms with Gasteiger partial charge in [0.1, 0.15) is 6.54 Å². The van der Waals surface area contributed by atoms with E-state index in [1.807, 2.05) is 0 Å². The fourth-order valence-corrected chi connectivity index (χ4v) is 2.40. The van der Waals surface area contributed by atoms with Crippen molar-refractivity contribution < 1.29 is 27.9 Å². The Bertz CT molecular complexity index is 831. The van der Waals surface area contributed by atoms with Gasteiger partial charge in [-0.15, -0.1) is 5.10 Å². The highest BCUT2D eigenvalue weighted by Crippen LogP contribution is 2.27. The van der Waals surface area contributed by atoms with Gasteiger partial charge in [0.2, 0.25) is 5.91 Å². The van der Waals surface area contributed by atoms with Gasteiger partial charge in [-0.25, -0.2) is 9.50 Å². The number of carboxylic acids is 1. The minimum absolute atomic E-state index is 0.000524. The lowest BCUT2D eigenvalue weighted by Gasteiger charge is -2.15.